The zero-order valence-corrected chi connectivity index (χ0v) is 25.9. The van der Waals surface area contributed by atoms with Crippen LogP contribution in [-0.4, -0.2) is 19.3 Å². The van der Waals surface area contributed by atoms with Gasteiger partial charge in [-0.15, -0.1) is 11.3 Å². The second kappa shape index (κ2) is 11.1. The fourth-order valence-electron chi connectivity index (χ4n) is 5.51. The third kappa shape index (κ3) is 5.42. The Morgan fingerprint density at radius 2 is 1.53 bits per heavy atom. The maximum absolute atomic E-state index is 14.7. The summed E-state index contributed by atoms with van der Waals surface area (Å²) in [6.45, 7) is 1.93. The number of thiazole rings is 1. The average Bonchev–Trinajstić information content (AvgIpc) is 3.59. The summed E-state index contributed by atoms with van der Waals surface area (Å²) in [5.41, 5.74) is -1.96. The first-order valence-electron chi connectivity index (χ1n) is 13.3. The molecule has 4 aromatic carbocycles. The van der Waals surface area contributed by atoms with E-state index in [1.807, 2.05) is 85.9 Å². The molecule has 2 aromatic heterocycles. The number of aromatic nitrogens is 2. The smallest absolute Gasteiger partial charge is 0.334 e. The predicted molar refractivity (Wildman–Crippen MR) is 170 cm³/mol. The molecular formula is C32H25Cl2F2N2O3PS. The van der Waals surface area contributed by atoms with Crippen LogP contribution in [0.2, 0.25) is 10.0 Å². The lowest BCUT2D eigenvalue weighted by Crippen LogP contribution is -2.39. The number of halogens is 4. The molecule has 0 amide bonds. The first-order valence-corrected chi connectivity index (χ1v) is 16.5. The zero-order chi connectivity index (χ0) is 30.6. The van der Waals surface area contributed by atoms with Crippen LogP contribution in [0, 0.1) is 6.92 Å². The van der Waals surface area contributed by atoms with Crippen molar-refractivity contribution >= 4 is 63.3 Å². The average molecular weight is 658 g/mol. The van der Waals surface area contributed by atoms with Crippen LogP contribution in [0.25, 0.3) is 21.1 Å². The summed E-state index contributed by atoms with van der Waals surface area (Å²) < 4.78 is 44.1. The topological polar surface area (TPSA) is 75.3 Å². The van der Waals surface area contributed by atoms with Crippen molar-refractivity contribution < 1.29 is 23.1 Å². The van der Waals surface area contributed by atoms with Gasteiger partial charge in [0.25, 0.3) is 0 Å². The number of benzene rings is 4. The Bertz CT molecular complexity index is 2010. The van der Waals surface area contributed by atoms with E-state index >= 15 is 0 Å². The third-order valence-corrected chi connectivity index (χ3v) is 10.6. The molecule has 2 heterocycles. The minimum atomic E-state index is -5.80. The van der Waals surface area contributed by atoms with Crippen LogP contribution in [0.5, 0.6) is 0 Å². The maximum Gasteiger partial charge on any atom is 0.399 e. The molecule has 0 aliphatic carbocycles. The summed E-state index contributed by atoms with van der Waals surface area (Å²) in [6, 6.07) is 27.5. The summed E-state index contributed by atoms with van der Waals surface area (Å²) in [4.78, 5) is 23.7. The first kappa shape index (κ1) is 29.9. The van der Waals surface area contributed by atoms with Crippen LogP contribution in [0.4, 0.5) is 8.78 Å². The SMILES string of the molecule is Cc1ccc(CC(Cc2ccc(C(F)(F)P(=O)(O)O)c(Cl)c2)(c2nc3ccccc3s2)n2ccc3ccccc32)cc1Cl. The van der Waals surface area contributed by atoms with Gasteiger partial charge in [0.1, 0.15) is 10.5 Å². The van der Waals surface area contributed by atoms with Gasteiger partial charge in [-0.1, -0.05) is 77.8 Å². The largest absolute Gasteiger partial charge is 0.399 e. The van der Waals surface area contributed by atoms with E-state index in [4.69, 9.17) is 28.2 Å². The summed E-state index contributed by atoms with van der Waals surface area (Å²) in [5, 5.41) is 2.01. The van der Waals surface area contributed by atoms with Gasteiger partial charge in [0, 0.05) is 29.6 Å². The van der Waals surface area contributed by atoms with Crippen LogP contribution in [0.15, 0.2) is 97.2 Å². The standard InChI is InChI=1S/C32H25Cl2F2N2O3PS/c1-20-10-11-21(16-25(20)33)18-31(30-37-27-7-3-5-9-29(27)43-30,38-15-14-23-6-2-4-8-28(23)38)19-22-12-13-24(26(34)17-22)32(35,36)42(39,40)41/h2-17H,18-19H2,1H3,(H2,39,40,41). The van der Waals surface area contributed by atoms with Crippen molar-refractivity contribution in [3.63, 3.8) is 0 Å². The van der Waals surface area contributed by atoms with E-state index in [0.29, 0.717) is 17.0 Å². The normalized spacial score (nSPS) is 13.9. The predicted octanol–water partition coefficient (Wildman–Crippen LogP) is 9.32. The highest BCUT2D eigenvalue weighted by Gasteiger charge is 2.51. The van der Waals surface area contributed by atoms with E-state index in [1.165, 1.54) is 12.1 Å². The van der Waals surface area contributed by atoms with Crippen molar-refractivity contribution in [1.82, 2.24) is 9.55 Å². The van der Waals surface area contributed by atoms with Crippen LogP contribution < -0.4 is 0 Å². The molecule has 11 heteroatoms. The highest BCUT2D eigenvalue weighted by atomic mass is 35.5. The number of hydrogen-bond donors (Lipinski definition) is 2. The van der Waals surface area contributed by atoms with E-state index in [2.05, 4.69) is 4.57 Å². The molecule has 1 atom stereocenters. The van der Waals surface area contributed by atoms with Crippen molar-refractivity contribution in [3.8, 4) is 0 Å². The monoisotopic (exact) mass is 656 g/mol. The molecular weight excluding hydrogens is 632 g/mol. The minimum absolute atomic E-state index is 0.276. The van der Waals surface area contributed by atoms with Gasteiger partial charge in [-0.25, -0.2) is 4.98 Å². The number of nitrogens with zero attached hydrogens (tertiary/aromatic N) is 2. The molecule has 220 valence electrons. The van der Waals surface area contributed by atoms with Gasteiger partial charge in [-0.3, -0.25) is 4.57 Å². The molecule has 0 radical (unpaired) electrons. The maximum atomic E-state index is 14.7. The van der Waals surface area contributed by atoms with E-state index in [9.17, 15) is 23.1 Å². The van der Waals surface area contributed by atoms with Crippen molar-refractivity contribution in [2.45, 2.75) is 31.0 Å². The van der Waals surface area contributed by atoms with E-state index in [1.54, 1.807) is 11.3 Å². The van der Waals surface area contributed by atoms with Gasteiger partial charge in [-0.05, 0) is 65.4 Å². The van der Waals surface area contributed by atoms with Crippen LogP contribution in [-0.2, 0) is 28.6 Å². The minimum Gasteiger partial charge on any atom is -0.334 e. The van der Waals surface area contributed by atoms with Gasteiger partial charge in [0.15, 0.2) is 0 Å². The lowest BCUT2D eigenvalue weighted by molar-refractivity contribution is 0.0565. The van der Waals surface area contributed by atoms with Crippen LogP contribution >= 0.6 is 42.1 Å². The number of fused-ring (bicyclic) bond motifs is 2. The molecule has 0 saturated carbocycles. The summed E-state index contributed by atoms with van der Waals surface area (Å²) in [5.74, 6) is 0. The number of rotatable bonds is 8. The molecule has 0 aliphatic heterocycles. The van der Waals surface area contributed by atoms with Gasteiger partial charge in [0.05, 0.1) is 20.8 Å². The zero-order valence-electron chi connectivity index (χ0n) is 22.7. The van der Waals surface area contributed by atoms with Crippen molar-refractivity contribution in [1.29, 1.82) is 0 Å². The fraction of sp³-hybridized carbons (Fsp3) is 0.156. The summed E-state index contributed by atoms with van der Waals surface area (Å²) >= 11 is 14.4. The molecule has 0 aliphatic rings. The highest BCUT2D eigenvalue weighted by molar-refractivity contribution is 7.52. The fourth-order valence-corrected chi connectivity index (χ4v) is 7.76. The Hall–Kier alpha value is -3.10. The molecule has 0 fully saturated rings. The molecule has 0 saturated heterocycles. The number of para-hydroxylation sites is 2. The summed E-state index contributed by atoms with van der Waals surface area (Å²) in [7, 11) is -5.80. The van der Waals surface area contributed by atoms with Gasteiger partial charge >= 0.3 is 13.3 Å². The Morgan fingerprint density at radius 1 is 0.884 bits per heavy atom. The Balaban J connectivity index is 1.60. The van der Waals surface area contributed by atoms with Gasteiger partial charge in [0.2, 0.25) is 0 Å². The second-order valence-corrected chi connectivity index (χ2v) is 14.1. The molecule has 5 nitrogen and oxygen atoms in total. The van der Waals surface area contributed by atoms with E-state index in [-0.39, 0.29) is 6.42 Å². The van der Waals surface area contributed by atoms with E-state index in [0.717, 1.165) is 43.3 Å². The lowest BCUT2D eigenvalue weighted by atomic mass is 9.84. The molecule has 6 rings (SSSR count). The number of alkyl halides is 2. The van der Waals surface area contributed by atoms with E-state index < -0.39 is 29.4 Å². The first-order chi connectivity index (χ1) is 20.4. The Morgan fingerprint density at radius 3 is 2.21 bits per heavy atom. The molecule has 0 spiro atoms. The Kier molecular flexibility index (Phi) is 7.74. The van der Waals surface area contributed by atoms with Crippen LogP contribution in [0.1, 0.15) is 27.3 Å². The van der Waals surface area contributed by atoms with Gasteiger partial charge in [-0.2, -0.15) is 8.78 Å². The Labute approximate surface area is 260 Å². The highest BCUT2D eigenvalue weighted by Crippen LogP contribution is 2.60. The second-order valence-electron chi connectivity index (χ2n) is 10.6. The van der Waals surface area contributed by atoms with Gasteiger partial charge < -0.3 is 14.4 Å². The lowest BCUT2D eigenvalue weighted by Gasteiger charge is -2.36. The quantitative estimate of drug-likeness (QED) is 0.160. The molecule has 0 bridgehead atoms. The van der Waals surface area contributed by atoms with Crippen molar-refractivity contribution in [2.24, 2.45) is 0 Å². The molecule has 1 unspecified atom stereocenters. The number of aryl methyl sites for hydroxylation is 1. The van der Waals surface area contributed by atoms with Crippen molar-refractivity contribution in [2.75, 3.05) is 0 Å². The third-order valence-electron chi connectivity index (χ3n) is 7.71. The number of hydrogen-bond acceptors (Lipinski definition) is 3. The molecule has 2 N–H and O–H groups in total. The summed E-state index contributed by atoms with van der Waals surface area (Å²) in [6.07, 6.45) is 2.73. The van der Waals surface area contributed by atoms with Crippen molar-refractivity contribution in [3.05, 3.63) is 134 Å². The van der Waals surface area contributed by atoms with Crippen LogP contribution in [0.3, 0.4) is 0 Å². The molecule has 6 aromatic rings. The molecule has 43 heavy (non-hydrogen) atoms.